The molecule has 9 heteroatoms. The van der Waals surface area contributed by atoms with Gasteiger partial charge in [-0.25, -0.2) is 8.42 Å². The van der Waals surface area contributed by atoms with Crippen LogP contribution in [0.15, 0.2) is 23.1 Å². The van der Waals surface area contributed by atoms with Gasteiger partial charge in [-0.05, 0) is 38.6 Å². The first-order valence-electron chi connectivity index (χ1n) is 8.00. The molecule has 0 aromatic heterocycles. The number of halogens is 1. The van der Waals surface area contributed by atoms with Crippen molar-refractivity contribution >= 4 is 28.3 Å². The van der Waals surface area contributed by atoms with Crippen LogP contribution < -0.4 is 10.6 Å². The van der Waals surface area contributed by atoms with Gasteiger partial charge in [-0.2, -0.15) is 4.31 Å². The van der Waals surface area contributed by atoms with Gasteiger partial charge in [0.25, 0.3) is 5.91 Å². The summed E-state index contributed by atoms with van der Waals surface area (Å²) in [5, 5.41) is 5.85. The summed E-state index contributed by atoms with van der Waals surface area (Å²) in [6.07, 6.45) is 0. The van der Waals surface area contributed by atoms with Crippen molar-refractivity contribution in [2.24, 2.45) is 0 Å². The molecule has 0 radical (unpaired) electrons. The Balaban J connectivity index is 0.00000312. The average Bonchev–Trinajstić information content (AvgIpc) is 2.60. The van der Waals surface area contributed by atoms with Crippen LogP contribution in [0.5, 0.6) is 0 Å². The number of carbonyl (C=O) groups excluding carboxylic acids is 1. The van der Waals surface area contributed by atoms with E-state index in [2.05, 4.69) is 10.6 Å². The third kappa shape index (κ3) is 5.39. The quantitative estimate of drug-likeness (QED) is 0.748. The number of rotatable bonds is 6. The van der Waals surface area contributed by atoms with E-state index in [1.165, 1.54) is 10.4 Å². The van der Waals surface area contributed by atoms with Crippen molar-refractivity contribution in [2.45, 2.75) is 24.8 Å². The lowest BCUT2D eigenvalue weighted by molar-refractivity contribution is 0.0730. The normalized spacial score (nSPS) is 16.8. The van der Waals surface area contributed by atoms with Gasteiger partial charge in [0.1, 0.15) is 0 Å². The highest BCUT2D eigenvalue weighted by Gasteiger charge is 2.27. The molecule has 1 saturated heterocycles. The second-order valence-electron chi connectivity index (χ2n) is 5.89. The molecule has 1 aliphatic rings. The molecule has 1 aromatic rings. The van der Waals surface area contributed by atoms with E-state index in [4.69, 9.17) is 4.74 Å². The van der Waals surface area contributed by atoms with Gasteiger partial charge in [0.15, 0.2) is 0 Å². The number of hydrogen-bond donors (Lipinski definition) is 2. The zero-order chi connectivity index (χ0) is 17.7. The van der Waals surface area contributed by atoms with E-state index in [0.717, 1.165) is 5.56 Å². The van der Waals surface area contributed by atoms with Crippen LogP contribution in [0.1, 0.15) is 22.8 Å². The number of morpholine rings is 1. The van der Waals surface area contributed by atoms with E-state index in [9.17, 15) is 13.2 Å². The number of aryl methyl sites for hydroxylation is 1. The Labute approximate surface area is 155 Å². The van der Waals surface area contributed by atoms with Crippen LogP contribution in [0.2, 0.25) is 0 Å². The summed E-state index contributed by atoms with van der Waals surface area (Å²) in [6, 6.07) is 4.81. The number of nitrogens with zero attached hydrogens (tertiary/aromatic N) is 1. The SMILES string of the molecule is CNC(C)CNC(=O)c1cc(S(=O)(=O)N2CCOCC2)ccc1C.Cl. The highest BCUT2D eigenvalue weighted by molar-refractivity contribution is 7.89. The van der Waals surface area contributed by atoms with Crippen molar-refractivity contribution in [3.8, 4) is 0 Å². The predicted octanol–water partition coefficient (Wildman–Crippen LogP) is 0.775. The molecule has 142 valence electrons. The van der Waals surface area contributed by atoms with E-state index < -0.39 is 10.0 Å². The van der Waals surface area contributed by atoms with Gasteiger partial charge in [-0.3, -0.25) is 4.79 Å². The Hall–Kier alpha value is -1.19. The molecule has 2 N–H and O–H groups in total. The number of likely N-dealkylation sites (N-methyl/N-ethyl adjacent to an activating group) is 1. The number of ether oxygens (including phenoxy) is 1. The zero-order valence-corrected chi connectivity index (χ0v) is 16.4. The second kappa shape index (κ2) is 9.49. The molecule has 1 fully saturated rings. The number of sulfonamides is 1. The van der Waals surface area contributed by atoms with Gasteiger partial charge in [-0.1, -0.05) is 6.07 Å². The van der Waals surface area contributed by atoms with Crippen LogP contribution in [-0.4, -0.2) is 64.6 Å². The molecule has 1 aliphatic heterocycles. The first-order chi connectivity index (χ1) is 11.4. The molecular formula is C16H26ClN3O4S. The molecule has 1 unspecified atom stereocenters. The van der Waals surface area contributed by atoms with E-state index in [1.807, 2.05) is 14.0 Å². The summed E-state index contributed by atoms with van der Waals surface area (Å²) < 4.78 is 32.0. The maximum absolute atomic E-state index is 12.7. The van der Waals surface area contributed by atoms with Crippen molar-refractivity contribution in [3.63, 3.8) is 0 Å². The topological polar surface area (TPSA) is 87.7 Å². The smallest absolute Gasteiger partial charge is 0.251 e. The summed E-state index contributed by atoms with van der Waals surface area (Å²) in [6.45, 7) is 5.65. The van der Waals surface area contributed by atoms with E-state index in [1.54, 1.807) is 19.1 Å². The molecule has 1 atom stereocenters. The van der Waals surface area contributed by atoms with Crippen LogP contribution in [0.25, 0.3) is 0 Å². The van der Waals surface area contributed by atoms with Crippen LogP contribution >= 0.6 is 12.4 Å². The van der Waals surface area contributed by atoms with E-state index in [-0.39, 0.29) is 29.3 Å². The van der Waals surface area contributed by atoms with Crippen LogP contribution in [0, 0.1) is 6.92 Å². The monoisotopic (exact) mass is 391 g/mol. The number of amides is 1. The van der Waals surface area contributed by atoms with E-state index >= 15 is 0 Å². The fourth-order valence-corrected chi connectivity index (χ4v) is 3.82. The fourth-order valence-electron chi connectivity index (χ4n) is 2.39. The highest BCUT2D eigenvalue weighted by atomic mass is 35.5. The summed E-state index contributed by atoms with van der Waals surface area (Å²) in [5.74, 6) is -0.270. The Bertz CT molecular complexity index is 691. The van der Waals surface area contributed by atoms with Crippen molar-refractivity contribution < 1.29 is 17.9 Å². The molecule has 0 aliphatic carbocycles. The largest absolute Gasteiger partial charge is 0.379 e. The lowest BCUT2D eigenvalue weighted by Crippen LogP contribution is -2.40. The highest BCUT2D eigenvalue weighted by Crippen LogP contribution is 2.20. The molecule has 1 aromatic carbocycles. The summed E-state index contributed by atoms with van der Waals surface area (Å²) in [4.78, 5) is 12.5. The molecule has 1 heterocycles. The number of benzene rings is 1. The molecule has 0 saturated carbocycles. The Kier molecular flexibility index (Phi) is 8.30. The third-order valence-electron chi connectivity index (χ3n) is 4.12. The standard InChI is InChI=1S/C16H25N3O4S.ClH/c1-12-4-5-14(24(21,22)19-6-8-23-9-7-19)10-15(12)16(20)18-11-13(2)17-3;/h4-5,10,13,17H,6-9,11H2,1-3H3,(H,18,20);1H. The van der Waals surface area contributed by atoms with Crippen molar-refractivity contribution in [1.29, 1.82) is 0 Å². The minimum absolute atomic E-state index is 0. The van der Waals surface area contributed by atoms with Gasteiger partial charge in [0.05, 0.1) is 18.1 Å². The number of nitrogens with one attached hydrogen (secondary N) is 2. The Morgan fingerprint density at radius 1 is 1.32 bits per heavy atom. The predicted molar refractivity (Wildman–Crippen MR) is 98.9 cm³/mol. The zero-order valence-electron chi connectivity index (χ0n) is 14.7. The minimum atomic E-state index is -3.61. The molecule has 7 nitrogen and oxygen atoms in total. The average molecular weight is 392 g/mol. The number of hydrogen-bond acceptors (Lipinski definition) is 5. The molecule has 2 rings (SSSR count). The maximum atomic E-state index is 12.7. The first-order valence-corrected chi connectivity index (χ1v) is 9.44. The minimum Gasteiger partial charge on any atom is -0.379 e. The second-order valence-corrected chi connectivity index (χ2v) is 7.83. The maximum Gasteiger partial charge on any atom is 0.251 e. The van der Waals surface area contributed by atoms with Crippen molar-refractivity contribution in [2.75, 3.05) is 39.9 Å². The molecule has 0 spiro atoms. The lowest BCUT2D eigenvalue weighted by atomic mass is 10.1. The summed E-state index contributed by atoms with van der Waals surface area (Å²) in [5.41, 5.74) is 1.12. The van der Waals surface area contributed by atoms with Crippen LogP contribution in [0.4, 0.5) is 0 Å². The van der Waals surface area contributed by atoms with E-state index in [0.29, 0.717) is 38.4 Å². The Morgan fingerprint density at radius 2 is 1.96 bits per heavy atom. The van der Waals surface area contributed by atoms with Gasteiger partial charge in [0.2, 0.25) is 10.0 Å². The van der Waals surface area contributed by atoms with Gasteiger partial charge < -0.3 is 15.4 Å². The Morgan fingerprint density at radius 3 is 2.56 bits per heavy atom. The fraction of sp³-hybridized carbons (Fsp3) is 0.562. The van der Waals surface area contributed by atoms with Crippen molar-refractivity contribution in [3.05, 3.63) is 29.3 Å². The van der Waals surface area contributed by atoms with Crippen molar-refractivity contribution in [1.82, 2.24) is 14.9 Å². The molecule has 1 amide bonds. The number of carbonyl (C=O) groups is 1. The lowest BCUT2D eigenvalue weighted by Gasteiger charge is -2.26. The summed E-state index contributed by atoms with van der Waals surface area (Å²) >= 11 is 0. The first kappa shape index (κ1) is 21.9. The summed E-state index contributed by atoms with van der Waals surface area (Å²) in [7, 11) is -1.79. The molecular weight excluding hydrogens is 366 g/mol. The third-order valence-corrected chi connectivity index (χ3v) is 6.02. The molecule has 25 heavy (non-hydrogen) atoms. The van der Waals surface area contributed by atoms with Gasteiger partial charge >= 0.3 is 0 Å². The molecule has 0 bridgehead atoms. The van der Waals surface area contributed by atoms with Gasteiger partial charge in [-0.15, -0.1) is 12.4 Å². The van der Waals surface area contributed by atoms with Crippen LogP contribution in [0.3, 0.4) is 0 Å². The van der Waals surface area contributed by atoms with Crippen LogP contribution in [-0.2, 0) is 14.8 Å². The van der Waals surface area contributed by atoms with Gasteiger partial charge in [0, 0.05) is 31.2 Å².